The molecule has 1 saturated heterocycles. The summed E-state index contributed by atoms with van der Waals surface area (Å²) >= 11 is 6.08. The molecular weight excluding hydrogens is 516 g/mol. The molecule has 0 bridgehead atoms. The van der Waals surface area contributed by atoms with Gasteiger partial charge < -0.3 is 15.0 Å². The quantitative estimate of drug-likeness (QED) is 0.494. The van der Waals surface area contributed by atoms with Crippen molar-refractivity contribution in [3.05, 3.63) is 47.5 Å². The standard InChI is InChI=1S/C22H29ClN4O6S2/c1-4-33-21-10-9-19(15-20(21)23)34(29,30)25-16(2)22(28)24-17-5-7-18(8-6-17)35(31,32)27-13-11-26(3)12-14-27/h5-10,15-16,25H,4,11-14H2,1-3H3,(H,24,28)/t16-/m1/s1. The number of sulfonamides is 2. The van der Waals surface area contributed by atoms with Gasteiger partial charge in [-0.3, -0.25) is 4.79 Å². The molecule has 13 heteroatoms. The molecule has 10 nitrogen and oxygen atoms in total. The summed E-state index contributed by atoms with van der Waals surface area (Å²) in [6, 6.07) is 8.69. The highest BCUT2D eigenvalue weighted by molar-refractivity contribution is 7.89. The van der Waals surface area contributed by atoms with Crippen molar-refractivity contribution in [2.24, 2.45) is 0 Å². The molecule has 192 valence electrons. The monoisotopic (exact) mass is 544 g/mol. The van der Waals surface area contributed by atoms with Crippen LogP contribution in [0.1, 0.15) is 13.8 Å². The Kier molecular flexibility index (Phi) is 8.78. The number of likely N-dealkylation sites (N-methyl/N-ethyl adjacent to an activating group) is 1. The van der Waals surface area contributed by atoms with Gasteiger partial charge in [0.2, 0.25) is 26.0 Å². The number of carbonyl (C=O) groups excluding carboxylic acids is 1. The van der Waals surface area contributed by atoms with Gasteiger partial charge in [-0.25, -0.2) is 16.8 Å². The molecule has 1 aliphatic heterocycles. The zero-order valence-corrected chi connectivity index (χ0v) is 22.1. The fourth-order valence-corrected chi connectivity index (χ4v) is 6.36. The first kappa shape index (κ1) is 27.4. The number of carbonyl (C=O) groups is 1. The molecule has 0 aromatic heterocycles. The number of nitrogens with zero attached hydrogens (tertiary/aromatic N) is 2. The number of amides is 1. The minimum absolute atomic E-state index is 0.107. The molecule has 0 aliphatic carbocycles. The van der Waals surface area contributed by atoms with Gasteiger partial charge in [-0.2, -0.15) is 9.03 Å². The predicted octanol–water partition coefficient (Wildman–Crippen LogP) is 1.98. The fraction of sp³-hybridized carbons (Fsp3) is 0.409. The van der Waals surface area contributed by atoms with Crippen LogP contribution >= 0.6 is 11.6 Å². The number of anilines is 1. The van der Waals surface area contributed by atoms with Crippen molar-refractivity contribution in [1.29, 1.82) is 0 Å². The molecule has 0 unspecified atom stereocenters. The second-order valence-electron chi connectivity index (χ2n) is 8.09. The number of hydrogen-bond donors (Lipinski definition) is 2. The third-order valence-electron chi connectivity index (χ3n) is 5.46. The molecule has 2 aromatic rings. The maximum Gasteiger partial charge on any atom is 0.243 e. The van der Waals surface area contributed by atoms with Gasteiger partial charge in [0.15, 0.2) is 0 Å². The van der Waals surface area contributed by atoms with E-state index >= 15 is 0 Å². The maximum atomic E-state index is 12.8. The lowest BCUT2D eigenvalue weighted by atomic mass is 10.3. The van der Waals surface area contributed by atoms with E-state index in [4.69, 9.17) is 16.3 Å². The number of rotatable bonds is 9. The molecule has 0 radical (unpaired) electrons. The van der Waals surface area contributed by atoms with Crippen molar-refractivity contribution in [3.63, 3.8) is 0 Å². The Morgan fingerprint density at radius 3 is 2.20 bits per heavy atom. The number of nitrogens with one attached hydrogen (secondary N) is 2. The van der Waals surface area contributed by atoms with Crippen molar-refractivity contribution >= 4 is 43.2 Å². The number of piperazine rings is 1. The molecule has 1 heterocycles. The number of ether oxygens (including phenoxy) is 1. The summed E-state index contributed by atoms with van der Waals surface area (Å²) in [6.07, 6.45) is 0. The normalized spacial score (nSPS) is 16.6. The van der Waals surface area contributed by atoms with Gasteiger partial charge in [0, 0.05) is 31.9 Å². The lowest BCUT2D eigenvalue weighted by molar-refractivity contribution is -0.117. The smallest absolute Gasteiger partial charge is 0.243 e. The summed E-state index contributed by atoms with van der Waals surface area (Å²) in [5.74, 6) is -0.253. The van der Waals surface area contributed by atoms with Crippen molar-refractivity contribution in [3.8, 4) is 5.75 Å². The molecule has 1 amide bonds. The van der Waals surface area contributed by atoms with E-state index in [0.717, 1.165) is 0 Å². The van der Waals surface area contributed by atoms with Crippen LogP contribution in [0.15, 0.2) is 52.3 Å². The highest BCUT2D eigenvalue weighted by Crippen LogP contribution is 2.27. The van der Waals surface area contributed by atoms with Crippen LogP contribution in [0.25, 0.3) is 0 Å². The summed E-state index contributed by atoms with van der Waals surface area (Å²) in [6.45, 7) is 5.69. The molecular formula is C22H29ClN4O6S2. The van der Waals surface area contributed by atoms with Crippen LogP contribution < -0.4 is 14.8 Å². The predicted molar refractivity (Wildman–Crippen MR) is 134 cm³/mol. The highest BCUT2D eigenvalue weighted by atomic mass is 35.5. The largest absolute Gasteiger partial charge is 0.492 e. The summed E-state index contributed by atoms with van der Waals surface area (Å²) in [5.41, 5.74) is 0.336. The Labute approximate surface area is 211 Å². The van der Waals surface area contributed by atoms with E-state index in [2.05, 4.69) is 14.9 Å². The Balaban J connectivity index is 1.63. The van der Waals surface area contributed by atoms with Gasteiger partial charge in [-0.1, -0.05) is 11.6 Å². The van der Waals surface area contributed by atoms with Crippen LogP contribution in [0.2, 0.25) is 5.02 Å². The van der Waals surface area contributed by atoms with Gasteiger partial charge in [-0.05, 0) is 63.4 Å². The fourth-order valence-electron chi connectivity index (χ4n) is 3.41. The molecule has 2 aromatic carbocycles. The van der Waals surface area contributed by atoms with Crippen LogP contribution in [0.3, 0.4) is 0 Å². The zero-order valence-electron chi connectivity index (χ0n) is 19.7. The first-order valence-electron chi connectivity index (χ1n) is 11.0. The van der Waals surface area contributed by atoms with Crippen LogP contribution in [-0.4, -0.2) is 77.8 Å². The van der Waals surface area contributed by atoms with Gasteiger partial charge >= 0.3 is 0 Å². The summed E-state index contributed by atoms with van der Waals surface area (Å²) < 4.78 is 60.1. The number of halogens is 1. The molecule has 1 aliphatic rings. The third kappa shape index (κ3) is 6.72. The average Bonchev–Trinajstić information content (AvgIpc) is 2.80. The van der Waals surface area contributed by atoms with Crippen molar-refractivity contribution < 1.29 is 26.4 Å². The van der Waals surface area contributed by atoms with E-state index in [-0.39, 0.29) is 14.8 Å². The van der Waals surface area contributed by atoms with Crippen LogP contribution in [0.4, 0.5) is 5.69 Å². The van der Waals surface area contributed by atoms with E-state index in [1.807, 2.05) is 7.05 Å². The van der Waals surface area contributed by atoms with Crippen LogP contribution in [0.5, 0.6) is 5.75 Å². The molecule has 1 fully saturated rings. The van der Waals surface area contributed by atoms with Gasteiger partial charge in [0.05, 0.1) is 27.5 Å². The van der Waals surface area contributed by atoms with Crippen molar-refractivity contribution in [1.82, 2.24) is 13.9 Å². The minimum Gasteiger partial charge on any atom is -0.492 e. The molecule has 0 spiro atoms. The van der Waals surface area contributed by atoms with Crippen LogP contribution in [-0.2, 0) is 24.8 Å². The minimum atomic E-state index is -4.03. The summed E-state index contributed by atoms with van der Waals surface area (Å²) in [7, 11) is -5.72. The zero-order chi connectivity index (χ0) is 25.8. The topological polar surface area (TPSA) is 125 Å². The first-order chi connectivity index (χ1) is 16.4. The van der Waals surface area contributed by atoms with Gasteiger partial charge in [0.25, 0.3) is 0 Å². The van der Waals surface area contributed by atoms with Gasteiger partial charge in [0.1, 0.15) is 5.75 Å². The van der Waals surface area contributed by atoms with Crippen molar-refractivity contribution in [2.45, 2.75) is 29.7 Å². The molecule has 0 saturated carbocycles. The Morgan fingerprint density at radius 2 is 1.63 bits per heavy atom. The third-order valence-corrected chi connectivity index (χ3v) is 9.21. The molecule has 1 atom stereocenters. The van der Waals surface area contributed by atoms with Crippen LogP contribution in [0, 0.1) is 0 Å². The van der Waals surface area contributed by atoms with E-state index in [1.165, 1.54) is 53.7 Å². The Bertz CT molecular complexity index is 1260. The SMILES string of the molecule is CCOc1ccc(S(=O)(=O)N[C@H](C)C(=O)Nc2ccc(S(=O)(=O)N3CCN(C)CC3)cc2)cc1Cl. The molecule has 3 rings (SSSR count). The summed E-state index contributed by atoms with van der Waals surface area (Å²) in [5, 5.41) is 2.73. The maximum absolute atomic E-state index is 12.8. The molecule has 2 N–H and O–H groups in total. The van der Waals surface area contributed by atoms with E-state index in [9.17, 15) is 21.6 Å². The first-order valence-corrected chi connectivity index (χ1v) is 14.3. The average molecular weight is 545 g/mol. The van der Waals surface area contributed by atoms with Crippen molar-refractivity contribution in [2.75, 3.05) is 45.2 Å². The summed E-state index contributed by atoms with van der Waals surface area (Å²) in [4.78, 5) is 14.7. The number of hydrogen-bond acceptors (Lipinski definition) is 7. The number of benzene rings is 2. The van der Waals surface area contributed by atoms with E-state index in [1.54, 1.807) is 6.92 Å². The lowest BCUT2D eigenvalue weighted by Gasteiger charge is -2.31. The second kappa shape index (κ2) is 11.2. The Morgan fingerprint density at radius 1 is 1.03 bits per heavy atom. The van der Waals surface area contributed by atoms with E-state index in [0.29, 0.717) is 44.2 Å². The second-order valence-corrected chi connectivity index (χ2v) is 12.1. The van der Waals surface area contributed by atoms with E-state index < -0.39 is 32.0 Å². The molecule has 35 heavy (non-hydrogen) atoms. The Hall–Kier alpha value is -2.22. The van der Waals surface area contributed by atoms with Gasteiger partial charge in [-0.15, -0.1) is 0 Å². The lowest BCUT2D eigenvalue weighted by Crippen LogP contribution is -2.47. The highest BCUT2D eigenvalue weighted by Gasteiger charge is 2.28.